The Morgan fingerprint density at radius 3 is 2.05 bits per heavy atom. The van der Waals surface area contributed by atoms with E-state index in [0.717, 1.165) is 36.6 Å². The molecule has 2 aliphatic carbocycles. The first-order valence-corrected chi connectivity index (χ1v) is 8.98. The molecule has 2 heterocycles. The van der Waals surface area contributed by atoms with Crippen molar-refractivity contribution in [3.05, 3.63) is 0 Å². The van der Waals surface area contributed by atoms with Crippen LogP contribution in [0.3, 0.4) is 0 Å². The molecular formula is C18H29NO. The number of rotatable bonds is 1. The van der Waals surface area contributed by atoms with Crippen molar-refractivity contribution in [3.8, 4) is 0 Å². The molecule has 20 heavy (non-hydrogen) atoms. The molecule has 2 nitrogen and oxygen atoms in total. The first-order chi connectivity index (χ1) is 9.69. The van der Waals surface area contributed by atoms with Crippen LogP contribution in [0, 0.1) is 17.8 Å². The van der Waals surface area contributed by atoms with Gasteiger partial charge in [-0.1, -0.05) is 13.3 Å². The van der Waals surface area contributed by atoms with Gasteiger partial charge in [0, 0.05) is 31.0 Å². The summed E-state index contributed by atoms with van der Waals surface area (Å²) in [4.78, 5) is 14.8. The van der Waals surface area contributed by atoms with E-state index in [4.69, 9.17) is 0 Å². The number of hydrogen-bond donors (Lipinski definition) is 0. The quantitative estimate of drug-likeness (QED) is 0.725. The molecule has 0 aromatic heterocycles. The van der Waals surface area contributed by atoms with Crippen molar-refractivity contribution in [1.29, 1.82) is 0 Å². The third-order valence-electron chi connectivity index (χ3n) is 6.62. The first-order valence-electron chi connectivity index (χ1n) is 8.98. The summed E-state index contributed by atoms with van der Waals surface area (Å²) in [5, 5.41) is 0. The molecule has 2 saturated carbocycles. The number of nitrogens with zero attached hydrogens (tertiary/aromatic N) is 1. The fraction of sp³-hybridized carbons (Fsp3) is 0.944. The summed E-state index contributed by atoms with van der Waals surface area (Å²) in [5.74, 6) is 3.48. The van der Waals surface area contributed by atoms with Crippen LogP contribution in [0.5, 0.6) is 0 Å². The molecule has 112 valence electrons. The van der Waals surface area contributed by atoms with E-state index in [9.17, 15) is 4.79 Å². The van der Waals surface area contributed by atoms with Crippen molar-refractivity contribution in [1.82, 2.24) is 4.90 Å². The minimum atomic E-state index is 0.542. The Morgan fingerprint density at radius 1 is 0.850 bits per heavy atom. The van der Waals surface area contributed by atoms with E-state index >= 15 is 0 Å². The van der Waals surface area contributed by atoms with Gasteiger partial charge in [0.05, 0.1) is 0 Å². The topological polar surface area (TPSA) is 20.3 Å². The van der Waals surface area contributed by atoms with Gasteiger partial charge in [0.2, 0.25) is 0 Å². The van der Waals surface area contributed by atoms with Crippen LogP contribution >= 0.6 is 0 Å². The molecule has 4 rings (SSSR count). The van der Waals surface area contributed by atoms with Gasteiger partial charge in [0.15, 0.2) is 0 Å². The molecule has 4 bridgehead atoms. The van der Waals surface area contributed by atoms with Crippen molar-refractivity contribution in [3.63, 3.8) is 0 Å². The third kappa shape index (κ3) is 2.34. The lowest BCUT2D eigenvalue weighted by Gasteiger charge is -2.53. The standard InChI is InChI=1S/C18H29NO/c1-12-5-13-7-14(6-12)9-17(8-13)19-15-3-2-4-16(19)11-18(20)10-15/h12-17H,2-11H2,1H3/t12-,13-,14+,15?,16?,17-. The summed E-state index contributed by atoms with van der Waals surface area (Å²) >= 11 is 0. The maximum atomic E-state index is 11.9. The van der Waals surface area contributed by atoms with Gasteiger partial charge in [-0.2, -0.15) is 0 Å². The molecule has 2 aliphatic heterocycles. The van der Waals surface area contributed by atoms with Crippen LogP contribution in [0.4, 0.5) is 0 Å². The summed E-state index contributed by atoms with van der Waals surface area (Å²) in [6.45, 7) is 2.45. The number of carbonyl (C=O) groups excluding carboxylic acids is 1. The summed E-state index contributed by atoms with van der Waals surface area (Å²) in [5.41, 5.74) is 0. The second-order valence-electron chi connectivity index (χ2n) is 8.30. The lowest BCUT2D eigenvalue weighted by Crippen LogP contribution is -2.58. The lowest BCUT2D eigenvalue weighted by molar-refractivity contribution is -0.130. The molecule has 0 aromatic rings. The largest absolute Gasteiger partial charge is 0.300 e. The molecular weight excluding hydrogens is 246 g/mol. The molecule has 0 N–H and O–H groups in total. The predicted molar refractivity (Wildman–Crippen MR) is 80.5 cm³/mol. The minimum absolute atomic E-state index is 0.542. The van der Waals surface area contributed by atoms with Gasteiger partial charge < -0.3 is 0 Å². The van der Waals surface area contributed by atoms with Crippen molar-refractivity contribution in [2.24, 2.45) is 17.8 Å². The highest BCUT2D eigenvalue weighted by Gasteiger charge is 2.44. The number of ketones is 1. The molecule has 6 atom stereocenters. The lowest BCUT2D eigenvalue weighted by atomic mass is 9.65. The van der Waals surface area contributed by atoms with Crippen LogP contribution in [0.2, 0.25) is 0 Å². The normalized spacial score (nSPS) is 49.1. The van der Waals surface area contributed by atoms with Crippen molar-refractivity contribution in [2.45, 2.75) is 89.3 Å². The van der Waals surface area contributed by atoms with Gasteiger partial charge >= 0.3 is 0 Å². The van der Waals surface area contributed by atoms with Crippen molar-refractivity contribution >= 4 is 5.78 Å². The van der Waals surface area contributed by atoms with Crippen LogP contribution < -0.4 is 0 Å². The first kappa shape index (κ1) is 13.3. The van der Waals surface area contributed by atoms with Crippen LogP contribution in [0.15, 0.2) is 0 Å². The molecule has 0 aromatic carbocycles. The Balaban J connectivity index is 1.51. The SMILES string of the molecule is C[C@@H]1C[C@@H]2C[C@H](C1)C[C@H](N1C3CCCC1CC(=O)C3)C2. The van der Waals surface area contributed by atoms with E-state index < -0.39 is 0 Å². The van der Waals surface area contributed by atoms with Gasteiger partial charge in [-0.05, 0) is 62.7 Å². The summed E-state index contributed by atoms with van der Waals surface area (Å²) in [6, 6.07) is 2.03. The fourth-order valence-electron chi connectivity index (χ4n) is 6.20. The average Bonchev–Trinajstić information content (AvgIpc) is 2.35. The molecule has 4 fully saturated rings. The van der Waals surface area contributed by atoms with Crippen molar-refractivity contribution in [2.75, 3.05) is 0 Å². The highest BCUT2D eigenvalue weighted by molar-refractivity contribution is 5.80. The summed E-state index contributed by atoms with van der Waals surface area (Å²) in [7, 11) is 0. The summed E-state index contributed by atoms with van der Waals surface area (Å²) < 4.78 is 0. The monoisotopic (exact) mass is 275 g/mol. The molecule has 2 unspecified atom stereocenters. The maximum Gasteiger partial charge on any atom is 0.136 e. The Bertz CT molecular complexity index is 359. The number of Topliss-reactive ketones (excluding diaryl/α,β-unsaturated/α-hetero) is 1. The minimum Gasteiger partial charge on any atom is -0.300 e. The number of piperidine rings is 2. The van der Waals surface area contributed by atoms with E-state index in [-0.39, 0.29) is 0 Å². The smallest absolute Gasteiger partial charge is 0.136 e. The van der Waals surface area contributed by atoms with Gasteiger partial charge in [-0.25, -0.2) is 0 Å². The van der Waals surface area contributed by atoms with Crippen LogP contribution in [-0.4, -0.2) is 28.8 Å². The van der Waals surface area contributed by atoms with Crippen LogP contribution in [0.1, 0.15) is 71.1 Å². The fourth-order valence-corrected chi connectivity index (χ4v) is 6.20. The van der Waals surface area contributed by atoms with E-state index in [0.29, 0.717) is 17.9 Å². The van der Waals surface area contributed by atoms with Gasteiger partial charge in [0.25, 0.3) is 0 Å². The van der Waals surface area contributed by atoms with Gasteiger partial charge in [-0.15, -0.1) is 0 Å². The Kier molecular flexibility index (Phi) is 3.41. The van der Waals surface area contributed by atoms with E-state index in [2.05, 4.69) is 11.8 Å². The molecule has 2 saturated heterocycles. The van der Waals surface area contributed by atoms with E-state index in [1.54, 1.807) is 0 Å². The zero-order valence-corrected chi connectivity index (χ0v) is 12.9. The average molecular weight is 275 g/mol. The summed E-state index contributed by atoms with van der Waals surface area (Å²) in [6.07, 6.45) is 12.9. The van der Waals surface area contributed by atoms with Gasteiger partial charge in [-0.3, -0.25) is 9.69 Å². The number of fused-ring (bicyclic) bond motifs is 4. The van der Waals surface area contributed by atoms with E-state index in [1.807, 2.05) is 0 Å². The highest BCUT2D eigenvalue weighted by Crippen LogP contribution is 2.46. The van der Waals surface area contributed by atoms with Crippen LogP contribution in [0.25, 0.3) is 0 Å². The number of hydrogen-bond acceptors (Lipinski definition) is 2. The maximum absolute atomic E-state index is 11.9. The second kappa shape index (κ2) is 5.12. The molecule has 2 heteroatoms. The molecule has 0 amide bonds. The Labute approximate surface area is 123 Å². The zero-order chi connectivity index (χ0) is 13.7. The third-order valence-corrected chi connectivity index (χ3v) is 6.62. The zero-order valence-electron chi connectivity index (χ0n) is 12.9. The molecule has 4 aliphatic rings. The molecule has 0 radical (unpaired) electrons. The van der Waals surface area contributed by atoms with Crippen molar-refractivity contribution < 1.29 is 4.79 Å². The molecule has 0 spiro atoms. The number of carbonyl (C=O) groups is 1. The second-order valence-corrected chi connectivity index (χ2v) is 8.30. The Morgan fingerprint density at radius 2 is 1.45 bits per heavy atom. The highest BCUT2D eigenvalue weighted by atomic mass is 16.1. The predicted octanol–water partition coefficient (Wildman–Crippen LogP) is 3.79. The van der Waals surface area contributed by atoms with Crippen LogP contribution in [-0.2, 0) is 4.79 Å². The van der Waals surface area contributed by atoms with Gasteiger partial charge in [0.1, 0.15) is 5.78 Å². The Hall–Kier alpha value is -0.370. The van der Waals surface area contributed by atoms with E-state index in [1.165, 1.54) is 51.4 Å².